The van der Waals surface area contributed by atoms with Gasteiger partial charge >= 0.3 is 5.69 Å². The van der Waals surface area contributed by atoms with Crippen LogP contribution in [0.4, 0.5) is 5.69 Å². The van der Waals surface area contributed by atoms with Gasteiger partial charge in [0.2, 0.25) is 5.75 Å². The van der Waals surface area contributed by atoms with Crippen molar-refractivity contribution in [3.63, 3.8) is 0 Å². The van der Waals surface area contributed by atoms with Gasteiger partial charge in [-0.2, -0.15) is 9.78 Å². The molecule has 0 bridgehead atoms. The Bertz CT molecular complexity index is 1270. The number of unbranched alkanes of at least 4 members (excludes halogenated alkanes) is 1. The molecule has 0 aliphatic carbocycles. The van der Waals surface area contributed by atoms with E-state index in [1.54, 1.807) is 18.2 Å². The summed E-state index contributed by atoms with van der Waals surface area (Å²) in [4.78, 5) is 29.0. The smallest absolute Gasteiger partial charge is 0.312 e. The molecule has 1 heterocycles. The largest absolute Gasteiger partial charge is 0.483 e. The van der Waals surface area contributed by atoms with Gasteiger partial charge in [0.25, 0.3) is 5.56 Å². The van der Waals surface area contributed by atoms with Gasteiger partial charge in [0.15, 0.2) is 0 Å². The summed E-state index contributed by atoms with van der Waals surface area (Å²) < 4.78 is 8.22. The van der Waals surface area contributed by atoms with Crippen molar-refractivity contribution < 1.29 is 9.66 Å². The number of rotatable bonds is 9. The lowest BCUT2D eigenvalue weighted by molar-refractivity contribution is -0.386. The molecule has 0 fully saturated rings. The first-order valence-electron chi connectivity index (χ1n) is 10.6. The maximum atomic E-state index is 13.2. The Labute approximate surface area is 208 Å². The molecular formula is C23H24Br2N4O4. The number of fused-ring (bicyclic) bond motifs is 1. The van der Waals surface area contributed by atoms with Gasteiger partial charge in [-0.15, -0.1) is 0 Å². The molecule has 0 radical (unpaired) electrons. The SMILES string of the molecule is CCCCc1nc2ccc(Br)cc2c(=O)n1N=Cc1cc(Br)c(O[C@H](C)CC)c([N+](=O)[O-])c1. The highest BCUT2D eigenvalue weighted by molar-refractivity contribution is 9.10. The fraction of sp³-hybridized carbons (Fsp3) is 0.348. The van der Waals surface area contributed by atoms with Crippen LogP contribution < -0.4 is 10.3 Å². The van der Waals surface area contributed by atoms with E-state index in [9.17, 15) is 14.9 Å². The van der Waals surface area contributed by atoms with Gasteiger partial charge in [0, 0.05) is 22.5 Å². The first kappa shape index (κ1) is 25.0. The number of ether oxygens (including phenoxy) is 1. The number of nitro groups is 1. The van der Waals surface area contributed by atoms with Crippen LogP contribution in [0.1, 0.15) is 51.4 Å². The van der Waals surface area contributed by atoms with Crippen LogP contribution in [0.2, 0.25) is 0 Å². The maximum absolute atomic E-state index is 13.2. The molecule has 0 saturated carbocycles. The van der Waals surface area contributed by atoms with E-state index >= 15 is 0 Å². The molecule has 33 heavy (non-hydrogen) atoms. The highest BCUT2D eigenvalue weighted by atomic mass is 79.9. The number of halogens is 2. The first-order chi connectivity index (χ1) is 15.7. The van der Waals surface area contributed by atoms with E-state index in [4.69, 9.17) is 4.74 Å². The summed E-state index contributed by atoms with van der Waals surface area (Å²) in [5.41, 5.74) is 0.581. The molecule has 10 heteroatoms. The molecule has 0 N–H and O–H groups in total. The summed E-state index contributed by atoms with van der Waals surface area (Å²) in [5.74, 6) is 0.711. The predicted molar refractivity (Wildman–Crippen MR) is 136 cm³/mol. The predicted octanol–water partition coefficient (Wildman–Crippen LogP) is 6.23. The second-order valence-electron chi connectivity index (χ2n) is 7.60. The van der Waals surface area contributed by atoms with Crippen molar-refractivity contribution in [3.8, 4) is 5.75 Å². The molecule has 3 rings (SSSR count). The lowest BCUT2D eigenvalue weighted by atomic mass is 10.2. The molecule has 0 spiro atoms. The lowest BCUT2D eigenvalue weighted by Gasteiger charge is -2.14. The van der Waals surface area contributed by atoms with Gasteiger partial charge in [-0.25, -0.2) is 4.98 Å². The quantitative estimate of drug-likeness (QED) is 0.170. The minimum Gasteiger partial charge on any atom is -0.483 e. The molecule has 2 aromatic carbocycles. The second kappa shape index (κ2) is 11.0. The topological polar surface area (TPSA) is 99.6 Å². The van der Waals surface area contributed by atoms with E-state index in [1.807, 2.05) is 19.9 Å². The van der Waals surface area contributed by atoms with E-state index in [0.717, 1.165) is 17.3 Å². The van der Waals surface area contributed by atoms with Crippen LogP contribution in [0.3, 0.4) is 0 Å². The van der Waals surface area contributed by atoms with Crippen LogP contribution in [0.15, 0.2) is 49.2 Å². The number of aryl methyl sites for hydroxylation is 1. The van der Waals surface area contributed by atoms with Gasteiger partial charge in [0.05, 0.1) is 32.6 Å². The molecule has 0 saturated heterocycles. The zero-order valence-corrected chi connectivity index (χ0v) is 21.7. The minimum atomic E-state index is -0.492. The Hall–Kier alpha value is -2.59. The van der Waals surface area contributed by atoms with Crippen LogP contribution in [0.5, 0.6) is 5.75 Å². The molecule has 0 aliphatic heterocycles. The molecule has 0 aliphatic rings. The Morgan fingerprint density at radius 3 is 2.70 bits per heavy atom. The molecule has 0 amide bonds. The molecule has 3 aromatic rings. The third-order valence-electron chi connectivity index (χ3n) is 5.09. The van der Waals surface area contributed by atoms with Crippen molar-refractivity contribution in [1.82, 2.24) is 9.66 Å². The van der Waals surface area contributed by atoms with E-state index in [2.05, 4.69) is 48.9 Å². The molecule has 1 aromatic heterocycles. The van der Waals surface area contributed by atoms with Crippen molar-refractivity contribution in [2.24, 2.45) is 5.10 Å². The Kier molecular flexibility index (Phi) is 8.36. The van der Waals surface area contributed by atoms with Crippen LogP contribution in [0, 0.1) is 10.1 Å². The third-order valence-corrected chi connectivity index (χ3v) is 6.17. The fourth-order valence-electron chi connectivity index (χ4n) is 3.15. The molecule has 174 valence electrons. The summed E-state index contributed by atoms with van der Waals surface area (Å²) in [7, 11) is 0. The van der Waals surface area contributed by atoms with Gasteiger partial charge in [-0.05, 0) is 60.0 Å². The summed E-state index contributed by atoms with van der Waals surface area (Å²) in [6, 6.07) is 8.40. The van der Waals surface area contributed by atoms with Crippen LogP contribution in [0.25, 0.3) is 10.9 Å². The fourth-order valence-corrected chi connectivity index (χ4v) is 4.07. The zero-order valence-electron chi connectivity index (χ0n) is 18.5. The summed E-state index contributed by atoms with van der Waals surface area (Å²) in [6.45, 7) is 5.85. The van der Waals surface area contributed by atoms with Crippen molar-refractivity contribution in [3.05, 3.63) is 71.1 Å². The zero-order chi connectivity index (χ0) is 24.1. The molecule has 1 atom stereocenters. The van der Waals surface area contributed by atoms with E-state index in [1.165, 1.54) is 17.0 Å². The average molecular weight is 580 g/mol. The number of hydrogen-bond donors (Lipinski definition) is 0. The van der Waals surface area contributed by atoms with E-state index in [-0.39, 0.29) is 23.1 Å². The number of nitro benzene ring substituents is 1. The molecular weight excluding hydrogens is 556 g/mol. The van der Waals surface area contributed by atoms with E-state index in [0.29, 0.717) is 39.6 Å². The monoisotopic (exact) mass is 578 g/mol. The summed E-state index contributed by atoms with van der Waals surface area (Å²) in [5, 5.41) is 16.5. The Morgan fingerprint density at radius 1 is 1.27 bits per heavy atom. The van der Waals surface area contributed by atoms with Crippen LogP contribution in [-0.4, -0.2) is 26.9 Å². The van der Waals surface area contributed by atoms with Gasteiger partial charge < -0.3 is 4.74 Å². The van der Waals surface area contributed by atoms with Crippen LogP contribution in [-0.2, 0) is 6.42 Å². The highest BCUT2D eigenvalue weighted by Crippen LogP contribution is 2.37. The first-order valence-corrected chi connectivity index (χ1v) is 12.2. The maximum Gasteiger partial charge on any atom is 0.312 e. The van der Waals surface area contributed by atoms with Gasteiger partial charge in [0.1, 0.15) is 5.82 Å². The molecule has 0 unspecified atom stereocenters. The normalized spacial score (nSPS) is 12.4. The average Bonchev–Trinajstić information content (AvgIpc) is 2.78. The third kappa shape index (κ3) is 5.86. The van der Waals surface area contributed by atoms with Crippen LogP contribution >= 0.6 is 31.9 Å². The Balaban J connectivity index is 2.10. The van der Waals surface area contributed by atoms with Crippen molar-refractivity contribution in [1.29, 1.82) is 0 Å². The van der Waals surface area contributed by atoms with Gasteiger partial charge in [-0.1, -0.05) is 36.2 Å². The van der Waals surface area contributed by atoms with Crippen molar-refractivity contribution >= 4 is 54.7 Å². The number of benzene rings is 2. The van der Waals surface area contributed by atoms with Crippen molar-refractivity contribution in [2.45, 2.75) is 52.6 Å². The highest BCUT2D eigenvalue weighted by Gasteiger charge is 2.21. The molecule has 8 nitrogen and oxygen atoms in total. The van der Waals surface area contributed by atoms with Crippen molar-refractivity contribution in [2.75, 3.05) is 0 Å². The number of hydrogen-bond acceptors (Lipinski definition) is 6. The van der Waals surface area contributed by atoms with E-state index < -0.39 is 4.92 Å². The second-order valence-corrected chi connectivity index (χ2v) is 9.37. The number of aromatic nitrogens is 2. The Morgan fingerprint density at radius 2 is 2.03 bits per heavy atom. The summed E-state index contributed by atoms with van der Waals surface area (Å²) in [6.07, 6.45) is 4.33. The standard InChI is InChI=1S/C23H24Br2N4O4/c1-4-6-7-21-27-19-9-8-16(24)12-17(19)23(30)28(21)26-13-15-10-18(25)22(33-14(3)5-2)20(11-15)29(31)32/h8-14H,4-7H2,1-3H3/t14-/m1/s1. The lowest BCUT2D eigenvalue weighted by Crippen LogP contribution is -2.22. The van der Waals surface area contributed by atoms with Gasteiger partial charge in [-0.3, -0.25) is 14.9 Å². The number of nitrogens with zero attached hydrogens (tertiary/aromatic N) is 4. The summed E-state index contributed by atoms with van der Waals surface area (Å²) >= 11 is 6.77. The minimum absolute atomic E-state index is 0.171.